The smallest absolute Gasteiger partial charge is 0.0526 e. The summed E-state index contributed by atoms with van der Waals surface area (Å²) < 4.78 is 1.70. The molecular weight excluding hydrogens is 164 g/mol. The second kappa shape index (κ2) is 3.00. The van der Waals surface area contributed by atoms with Crippen LogP contribution in [0.5, 0.6) is 0 Å². The molecule has 0 aromatic carbocycles. The Labute approximate surface area is 77.7 Å². The molecule has 1 aliphatic carbocycles. The second-order valence-corrected chi connectivity index (χ2v) is 3.85. The average Bonchev–Trinajstić information content (AvgIpc) is 2.77. The lowest BCUT2D eigenvalue weighted by atomic mass is 10.0. The van der Waals surface area contributed by atoms with Crippen molar-refractivity contribution in [3.05, 3.63) is 24.5 Å². The molecule has 1 aliphatic rings. The molecule has 0 bridgehead atoms. The molecule has 70 valence electrons. The molecule has 1 aromatic heterocycles. The van der Waals surface area contributed by atoms with E-state index in [-0.39, 0.29) is 5.41 Å². The average molecular weight is 178 g/mol. The molecule has 1 aromatic rings. The molecule has 13 heavy (non-hydrogen) atoms. The van der Waals surface area contributed by atoms with Crippen molar-refractivity contribution in [3.8, 4) is 0 Å². The van der Waals surface area contributed by atoms with Gasteiger partial charge in [0.1, 0.15) is 0 Å². The van der Waals surface area contributed by atoms with Crippen LogP contribution in [0.25, 0.3) is 6.20 Å². The zero-order chi connectivity index (χ0) is 9.31. The first-order valence-corrected chi connectivity index (χ1v) is 4.54. The van der Waals surface area contributed by atoms with Crippen molar-refractivity contribution >= 4 is 6.20 Å². The van der Waals surface area contributed by atoms with E-state index in [1.165, 1.54) is 5.56 Å². The number of aromatic nitrogens is 2. The second-order valence-electron chi connectivity index (χ2n) is 3.85. The predicted octanol–water partition coefficient (Wildman–Crippen LogP) is 1.30. The summed E-state index contributed by atoms with van der Waals surface area (Å²) in [5.74, 6) is 0. The molecule has 3 heteroatoms. The first-order chi connectivity index (χ1) is 6.28. The number of aliphatic hydroxyl groups excluding tert-OH is 1. The molecule has 0 saturated heterocycles. The third-order valence-corrected chi connectivity index (χ3v) is 2.71. The van der Waals surface area contributed by atoms with E-state index in [1.54, 1.807) is 10.9 Å². The van der Waals surface area contributed by atoms with E-state index in [0.29, 0.717) is 6.61 Å². The highest BCUT2D eigenvalue weighted by molar-refractivity contribution is 5.19. The number of rotatable bonds is 4. The molecule has 1 saturated carbocycles. The van der Waals surface area contributed by atoms with Crippen molar-refractivity contribution < 1.29 is 5.11 Å². The highest BCUT2D eigenvalue weighted by Gasteiger charge is 2.41. The van der Waals surface area contributed by atoms with E-state index in [0.717, 1.165) is 19.3 Å². The minimum atomic E-state index is 0.176. The number of hydrogen-bond acceptors (Lipinski definition) is 2. The van der Waals surface area contributed by atoms with Crippen molar-refractivity contribution in [1.29, 1.82) is 0 Å². The Morgan fingerprint density at radius 3 is 2.92 bits per heavy atom. The Hall–Kier alpha value is -1.09. The summed E-state index contributed by atoms with van der Waals surface area (Å²) in [6, 6.07) is 0. The largest absolute Gasteiger partial charge is 0.396 e. The summed E-state index contributed by atoms with van der Waals surface area (Å²) >= 11 is 0. The first-order valence-electron chi connectivity index (χ1n) is 4.54. The van der Waals surface area contributed by atoms with E-state index < -0.39 is 0 Å². The summed E-state index contributed by atoms with van der Waals surface area (Å²) in [4.78, 5) is 0. The van der Waals surface area contributed by atoms with Gasteiger partial charge >= 0.3 is 0 Å². The minimum Gasteiger partial charge on any atom is -0.396 e. The summed E-state index contributed by atoms with van der Waals surface area (Å²) in [6.45, 7) is 3.93. The quantitative estimate of drug-likeness (QED) is 0.754. The monoisotopic (exact) mass is 178 g/mol. The van der Waals surface area contributed by atoms with Gasteiger partial charge in [0.2, 0.25) is 0 Å². The van der Waals surface area contributed by atoms with Crippen molar-refractivity contribution in [2.75, 3.05) is 6.61 Å². The van der Waals surface area contributed by atoms with Crippen molar-refractivity contribution in [1.82, 2.24) is 9.78 Å². The van der Waals surface area contributed by atoms with Crippen molar-refractivity contribution in [3.63, 3.8) is 0 Å². The van der Waals surface area contributed by atoms with Crippen LogP contribution in [0.4, 0.5) is 0 Å². The lowest BCUT2D eigenvalue weighted by Crippen LogP contribution is -2.09. The molecule has 0 amide bonds. The highest BCUT2D eigenvalue weighted by Crippen LogP contribution is 2.47. The molecular formula is C10H14N2O. The van der Waals surface area contributed by atoms with Gasteiger partial charge in [0.25, 0.3) is 0 Å². The Kier molecular flexibility index (Phi) is 1.96. The van der Waals surface area contributed by atoms with Gasteiger partial charge in [-0.15, -0.1) is 0 Å². The summed E-state index contributed by atoms with van der Waals surface area (Å²) in [5.41, 5.74) is 1.36. The van der Waals surface area contributed by atoms with Crippen LogP contribution < -0.4 is 0 Å². The molecule has 0 unspecified atom stereocenters. The predicted molar refractivity (Wildman–Crippen MR) is 51.1 cm³/mol. The van der Waals surface area contributed by atoms with Crippen LogP contribution in [0.3, 0.4) is 0 Å². The number of nitrogens with zero attached hydrogens (tertiary/aromatic N) is 2. The third-order valence-electron chi connectivity index (χ3n) is 2.71. The zero-order valence-corrected chi connectivity index (χ0v) is 7.61. The van der Waals surface area contributed by atoms with Crippen LogP contribution in [0.15, 0.2) is 19.0 Å². The Morgan fingerprint density at radius 2 is 2.46 bits per heavy atom. The summed E-state index contributed by atoms with van der Waals surface area (Å²) in [7, 11) is 0. The van der Waals surface area contributed by atoms with E-state index in [2.05, 4.69) is 11.7 Å². The van der Waals surface area contributed by atoms with Gasteiger partial charge in [0, 0.05) is 19.0 Å². The van der Waals surface area contributed by atoms with Gasteiger partial charge in [0.05, 0.1) is 6.20 Å². The molecule has 3 nitrogen and oxygen atoms in total. The van der Waals surface area contributed by atoms with E-state index >= 15 is 0 Å². The van der Waals surface area contributed by atoms with Crippen LogP contribution in [0, 0.1) is 5.41 Å². The summed E-state index contributed by atoms with van der Waals surface area (Å²) in [6.07, 6.45) is 8.70. The maximum Gasteiger partial charge on any atom is 0.0526 e. The van der Waals surface area contributed by atoms with Crippen LogP contribution in [0.1, 0.15) is 18.4 Å². The fourth-order valence-electron chi connectivity index (χ4n) is 1.57. The molecule has 1 N–H and O–H groups in total. The molecule has 0 aliphatic heterocycles. The lowest BCUT2D eigenvalue weighted by Gasteiger charge is -2.08. The summed E-state index contributed by atoms with van der Waals surface area (Å²) in [5, 5.41) is 13.2. The van der Waals surface area contributed by atoms with Gasteiger partial charge < -0.3 is 5.11 Å². The van der Waals surface area contributed by atoms with E-state index in [4.69, 9.17) is 5.11 Å². The fourth-order valence-corrected chi connectivity index (χ4v) is 1.57. The Morgan fingerprint density at radius 1 is 1.69 bits per heavy atom. The fraction of sp³-hybridized carbons (Fsp3) is 0.500. The minimum absolute atomic E-state index is 0.176. The molecule has 1 fully saturated rings. The zero-order valence-electron chi connectivity index (χ0n) is 7.61. The van der Waals surface area contributed by atoms with Crippen LogP contribution in [-0.4, -0.2) is 21.5 Å². The Balaban J connectivity index is 2.05. The van der Waals surface area contributed by atoms with Gasteiger partial charge in [-0.25, -0.2) is 4.68 Å². The normalized spacial score (nSPS) is 18.5. The maximum atomic E-state index is 9.13. The van der Waals surface area contributed by atoms with Gasteiger partial charge in [-0.05, 0) is 30.2 Å². The van der Waals surface area contributed by atoms with Gasteiger partial charge in [-0.3, -0.25) is 0 Å². The molecule has 0 atom stereocenters. The number of hydrogen-bond donors (Lipinski definition) is 1. The van der Waals surface area contributed by atoms with Crippen LogP contribution >= 0.6 is 0 Å². The molecule has 2 rings (SSSR count). The Bertz CT molecular complexity index is 312. The SMILES string of the molecule is C=Cn1cc(CC2(CO)CC2)cn1. The number of aliphatic hydroxyl groups is 1. The standard InChI is InChI=1S/C10H14N2O/c1-2-12-7-9(6-11-12)5-10(8-13)3-4-10/h2,6-7,13H,1,3-5,8H2. The van der Waals surface area contributed by atoms with Crippen LogP contribution in [-0.2, 0) is 6.42 Å². The maximum absolute atomic E-state index is 9.13. The highest BCUT2D eigenvalue weighted by atomic mass is 16.3. The van der Waals surface area contributed by atoms with Crippen LogP contribution in [0.2, 0.25) is 0 Å². The lowest BCUT2D eigenvalue weighted by molar-refractivity contribution is 0.211. The van der Waals surface area contributed by atoms with Gasteiger partial charge in [0.15, 0.2) is 0 Å². The topological polar surface area (TPSA) is 38.0 Å². The van der Waals surface area contributed by atoms with E-state index in [1.807, 2.05) is 12.4 Å². The molecule has 0 radical (unpaired) electrons. The van der Waals surface area contributed by atoms with E-state index in [9.17, 15) is 0 Å². The molecule has 1 heterocycles. The third kappa shape index (κ3) is 1.65. The first kappa shape index (κ1) is 8.51. The van der Waals surface area contributed by atoms with Gasteiger partial charge in [-0.1, -0.05) is 6.58 Å². The van der Waals surface area contributed by atoms with Gasteiger partial charge in [-0.2, -0.15) is 5.10 Å². The molecule has 0 spiro atoms. The van der Waals surface area contributed by atoms with Crippen molar-refractivity contribution in [2.24, 2.45) is 5.41 Å². The van der Waals surface area contributed by atoms with Crippen molar-refractivity contribution in [2.45, 2.75) is 19.3 Å².